The lowest BCUT2D eigenvalue weighted by Gasteiger charge is -2.07. The van der Waals surface area contributed by atoms with Crippen molar-refractivity contribution >= 4 is 21.1 Å². The summed E-state index contributed by atoms with van der Waals surface area (Å²) in [7, 11) is -3.57. The third-order valence-corrected chi connectivity index (χ3v) is 4.70. The summed E-state index contributed by atoms with van der Waals surface area (Å²) < 4.78 is 31.8. The number of H-pyrrole nitrogens is 1. The second-order valence-corrected chi connectivity index (χ2v) is 6.75. The fourth-order valence-electron chi connectivity index (χ4n) is 2.09. The van der Waals surface area contributed by atoms with Crippen molar-refractivity contribution < 1.29 is 12.8 Å². The molecule has 0 aliphatic carbocycles. The van der Waals surface area contributed by atoms with Crippen molar-refractivity contribution in [3.05, 3.63) is 64.1 Å². The van der Waals surface area contributed by atoms with E-state index in [1.165, 1.54) is 0 Å². The highest BCUT2D eigenvalue weighted by Gasteiger charge is 2.13. The molecule has 2 N–H and O–H groups in total. The monoisotopic (exact) mass is 318 g/mol. The van der Waals surface area contributed by atoms with E-state index in [1.807, 2.05) is 6.92 Å². The van der Waals surface area contributed by atoms with Crippen LogP contribution in [-0.4, -0.2) is 13.4 Å². The van der Waals surface area contributed by atoms with Gasteiger partial charge in [-0.3, -0.25) is 4.98 Å². The molecule has 2 aromatic carbocycles. The van der Waals surface area contributed by atoms with Gasteiger partial charge in [-0.2, -0.15) is 0 Å². The number of hydrogen-bond acceptors (Lipinski definition) is 4. The van der Waals surface area contributed by atoms with Crippen LogP contribution in [0.3, 0.4) is 0 Å². The zero-order valence-corrected chi connectivity index (χ0v) is 12.6. The van der Waals surface area contributed by atoms with Crippen LogP contribution >= 0.6 is 0 Å². The second kappa shape index (κ2) is 5.43. The summed E-state index contributed by atoms with van der Waals surface area (Å²) in [4.78, 5) is 13.8. The van der Waals surface area contributed by atoms with E-state index in [4.69, 9.17) is 4.42 Å². The molecule has 1 heterocycles. The largest absolute Gasteiger partial charge is 0.417 e. The predicted molar refractivity (Wildman–Crippen MR) is 82.0 cm³/mol. The van der Waals surface area contributed by atoms with E-state index in [1.54, 1.807) is 42.5 Å². The molecule has 0 saturated carbocycles. The van der Waals surface area contributed by atoms with Gasteiger partial charge in [0.05, 0.1) is 10.4 Å². The van der Waals surface area contributed by atoms with Crippen molar-refractivity contribution in [3.8, 4) is 0 Å². The van der Waals surface area contributed by atoms with Crippen LogP contribution in [0.25, 0.3) is 11.1 Å². The maximum Gasteiger partial charge on any atom is 0.417 e. The van der Waals surface area contributed by atoms with Crippen LogP contribution in [0, 0.1) is 6.92 Å². The molecule has 0 bridgehead atoms. The maximum absolute atomic E-state index is 12.2. The molecule has 114 valence electrons. The first kappa shape index (κ1) is 14.6. The van der Waals surface area contributed by atoms with Gasteiger partial charge in [0.2, 0.25) is 10.0 Å². The van der Waals surface area contributed by atoms with Crippen molar-refractivity contribution in [2.75, 3.05) is 0 Å². The molecule has 0 unspecified atom stereocenters. The minimum absolute atomic E-state index is 0.124. The summed E-state index contributed by atoms with van der Waals surface area (Å²) >= 11 is 0. The Kier molecular flexibility index (Phi) is 3.59. The van der Waals surface area contributed by atoms with E-state index < -0.39 is 15.8 Å². The van der Waals surface area contributed by atoms with E-state index in [0.29, 0.717) is 11.1 Å². The third kappa shape index (κ3) is 2.95. The number of sulfonamides is 1. The standard InChI is InChI=1S/C15H14N2O4S/c1-10-2-5-12(6-3-10)22(19,20)16-9-11-4-7-14-13(8-11)17-15(18)21-14/h2-8,16H,9H2,1H3,(H,17,18). The lowest BCUT2D eigenvalue weighted by atomic mass is 10.2. The molecule has 0 fully saturated rings. The molecule has 22 heavy (non-hydrogen) atoms. The van der Waals surface area contributed by atoms with Gasteiger partial charge < -0.3 is 4.42 Å². The molecule has 0 saturated heterocycles. The van der Waals surface area contributed by atoms with E-state index in [0.717, 1.165) is 11.1 Å². The molecule has 3 rings (SSSR count). The normalized spacial score (nSPS) is 11.9. The molecule has 7 heteroatoms. The highest BCUT2D eigenvalue weighted by molar-refractivity contribution is 7.89. The first-order valence-electron chi connectivity index (χ1n) is 6.62. The first-order valence-corrected chi connectivity index (χ1v) is 8.10. The van der Waals surface area contributed by atoms with Crippen LogP contribution in [0.2, 0.25) is 0 Å². The van der Waals surface area contributed by atoms with E-state index in [2.05, 4.69) is 9.71 Å². The number of nitrogens with one attached hydrogen (secondary N) is 2. The Labute approximate surface area is 126 Å². The van der Waals surface area contributed by atoms with Gasteiger partial charge in [0.15, 0.2) is 5.58 Å². The lowest BCUT2D eigenvalue weighted by Crippen LogP contribution is -2.23. The number of oxazole rings is 1. The van der Waals surface area contributed by atoms with Gasteiger partial charge in [0.1, 0.15) is 0 Å². The highest BCUT2D eigenvalue weighted by atomic mass is 32.2. The molecule has 1 aromatic heterocycles. The Bertz CT molecular complexity index is 969. The predicted octanol–water partition coefficient (Wildman–Crippen LogP) is 1.91. The first-order chi connectivity index (χ1) is 10.4. The summed E-state index contributed by atoms with van der Waals surface area (Å²) in [5.74, 6) is -0.535. The molecule has 0 radical (unpaired) electrons. The van der Waals surface area contributed by atoms with Crippen molar-refractivity contribution in [2.24, 2.45) is 0 Å². The summed E-state index contributed by atoms with van der Waals surface area (Å²) in [6, 6.07) is 11.6. The van der Waals surface area contributed by atoms with Crippen molar-refractivity contribution in [2.45, 2.75) is 18.4 Å². The van der Waals surface area contributed by atoms with Gasteiger partial charge >= 0.3 is 5.76 Å². The molecular formula is C15H14N2O4S. The zero-order chi connectivity index (χ0) is 15.7. The van der Waals surface area contributed by atoms with Crippen molar-refractivity contribution in [1.29, 1.82) is 0 Å². The summed E-state index contributed by atoms with van der Waals surface area (Å²) in [6.45, 7) is 2.02. The average molecular weight is 318 g/mol. The number of hydrogen-bond donors (Lipinski definition) is 2. The minimum atomic E-state index is -3.57. The van der Waals surface area contributed by atoms with Crippen LogP contribution in [0.5, 0.6) is 0 Å². The van der Waals surface area contributed by atoms with Gasteiger partial charge in [-0.05, 0) is 36.8 Å². The molecule has 0 atom stereocenters. The Morgan fingerprint density at radius 1 is 1.14 bits per heavy atom. The van der Waals surface area contributed by atoms with E-state index in [-0.39, 0.29) is 11.4 Å². The van der Waals surface area contributed by atoms with Gasteiger partial charge in [0, 0.05) is 6.54 Å². The minimum Gasteiger partial charge on any atom is -0.408 e. The molecule has 0 aliphatic rings. The van der Waals surface area contributed by atoms with Crippen LogP contribution < -0.4 is 10.5 Å². The molecule has 3 aromatic rings. The molecular weight excluding hydrogens is 304 g/mol. The van der Waals surface area contributed by atoms with E-state index >= 15 is 0 Å². The molecule has 0 amide bonds. The number of aromatic nitrogens is 1. The maximum atomic E-state index is 12.2. The van der Waals surface area contributed by atoms with E-state index in [9.17, 15) is 13.2 Å². The summed E-state index contributed by atoms with van der Waals surface area (Å²) in [6.07, 6.45) is 0. The number of aryl methyl sites for hydroxylation is 1. The topological polar surface area (TPSA) is 92.2 Å². The number of benzene rings is 2. The Morgan fingerprint density at radius 2 is 1.86 bits per heavy atom. The highest BCUT2D eigenvalue weighted by Crippen LogP contribution is 2.14. The Hall–Kier alpha value is -2.38. The number of rotatable bonds is 4. The fourth-order valence-corrected chi connectivity index (χ4v) is 3.11. The average Bonchev–Trinajstić information content (AvgIpc) is 2.85. The zero-order valence-electron chi connectivity index (χ0n) is 11.8. The number of fused-ring (bicyclic) bond motifs is 1. The Balaban J connectivity index is 1.80. The second-order valence-electron chi connectivity index (χ2n) is 4.98. The third-order valence-electron chi connectivity index (χ3n) is 3.28. The van der Waals surface area contributed by atoms with Crippen LogP contribution in [0.4, 0.5) is 0 Å². The number of aromatic amines is 1. The van der Waals surface area contributed by atoms with Crippen LogP contribution in [0.15, 0.2) is 56.6 Å². The van der Waals surface area contributed by atoms with Gasteiger partial charge in [-0.25, -0.2) is 17.9 Å². The van der Waals surface area contributed by atoms with Gasteiger partial charge in [-0.1, -0.05) is 23.8 Å². The van der Waals surface area contributed by atoms with Crippen molar-refractivity contribution in [1.82, 2.24) is 9.71 Å². The quantitative estimate of drug-likeness (QED) is 0.768. The summed E-state index contributed by atoms with van der Waals surface area (Å²) in [5, 5.41) is 0. The Morgan fingerprint density at radius 3 is 2.59 bits per heavy atom. The molecule has 0 aliphatic heterocycles. The fraction of sp³-hybridized carbons (Fsp3) is 0.133. The molecule has 0 spiro atoms. The lowest BCUT2D eigenvalue weighted by molar-refractivity contribution is 0.555. The smallest absolute Gasteiger partial charge is 0.408 e. The van der Waals surface area contributed by atoms with Crippen LogP contribution in [0.1, 0.15) is 11.1 Å². The summed E-state index contributed by atoms with van der Waals surface area (Å²) in [5.41, 5.74) is 2.70. The van der Waals surface area contributed by atoms with Gasteiger partial charge in [-0.15, -0.1) is 0 Å². The van der Waals surface area contributed by atoms with Gasteiger partial charge in [0.25, 0.3) is 0 Å². The van der Waals surface area contributed by atoms with Crippen LogP contribution in [-0.2, 0) is 16.6 Å². The molecule has 6 nitrogen and oxygen atoms in total. The SMILES string of the molecule is Cc1ccc(S(=O)(=O)NCc2ccc3oc(=O)[nH]c3c2)cc1. The van der Waals surface area contributed by atoms with Crippen molar-refractivity contribution in [3.63, 3.8) is 0 Å².